The Balaban J connectivity index is 1.84. The van der Waals surface area contributed by atoms with Gasteiger partial charge in [0.25, 0.3) is 0 Å². The summed E-state index contributed by atoms with van der Waals surface area (Å²) >= 11 is 2.21. The van der Waals surface area contributed by atoms with Crippen LogP contribution in [0.3, 0.4) is 0 Å². The second kappa shape index (κ2) is 11.0. The Morgan fingerprint density at radius 1 is 1.22 bits per heavy atom. The van der Waals surface area contributed by atoms with Crippen molar-refractivity contribution in [3.8, 4) is 0 Å². The fraction of sp³-hybridized carbons (Fsp3) is 0.450. The molecule has 0 aliphatic heterocycles. The summed E-state index contributed by atoms with van der Waals surface area (Å²) in [5.41, 5.74) is 0.855. The Morgan fingerprint density at radius 2 is 1.96 bits per heavy atom. The molecule has 1 fully saturated rings. The van der Waals surface area contributed by atoms with Crippen LogP contribution in [0, 0.1) is 9.49 Å². The van der Waals surface area contributed by atoms with Crippen LogP contribution < -0.4 is 4.72 Å². The molecule has 1 saturated carbocycles. The van der Waals surface area contributed by atoms with Crippen molar-refractivity contribution in [2.24, 2.45) is 5.92 Å². The molecule has 0 bridgehead atoms. The molecule has 7 heteroatoms. The van der Waals surface area contributed by atoms with Crippen LogP contribution in [-0.2, 0) is 14.8 Å². The van der Waals surface area contributed by atoms with Crippen LogP contribution in [0.1, 0.15) is 50.5 Å². The molecular weight excluding hydrogens is 477 g/mol. The normalized spacial score (nSPS) is 20.6. The summed E-state index contributed by atoms with van der Waals surface area (Å²) < 4.78 is 28.7. The van der Waals surface area contributed by atoms with E-state index in [0.717, 1.165) is 41.2 Å². The lowest BCUT2D eigenvalue weighted by atomic mass is 10.00. The maximum absolute atomic E-state index is 12.4. The lowest BCUT2D eigenvalue weighted by molar-refractivity contribution is -0.137. The topological polar surface area (TPSA) is 83.5 Å². The van der Waals surface area contributed by atoms with Gasteiger partial charge < -0.3 is 5.11 Å². The van der Waals surface area contributed by atoms with Crippen LogP contribution in [0.15, 0.2) is 41.8 Å². The first-order valence-electron chi connectivity index (χ1n) is 9.18. The van der Waals surface area contributed by atoms with Gasteiger partial charge in [0.2, 0.25) is 10.0 Å². The smallest absolute Gasteiger partial charge is 0.303 e. The quantitative estimate of drug-likeness (QED) is 0.279. The van der Waals surface area contributed by atoms with E-state index < -0.39 is 16.0 Å². The molecule has 0 radical (unpaired) electrons. The predicted molar refractivity (Wildman–Crippen MR) is 117 cm³/mol. The van der Waals surface area contributed by atoms with Gasteiger partial charge in [0.05, 0.1) is 0 Å². The van der Waals surface area contributed by atoms with Gasteiger partial charge in [-0.25, -0.2) is 13.1 Å². The molecule has 27 heavy (non-hydrogen) atoms. The molecule has 0 spiro atoms. The van der Waals surface area contributed by atoms with E-state index in [0.29, 0.717) is 12.3 Å². The summed E-state index contributed by atoms with van der Waals surface area (Å²) in [5, 5.41) is 9.86. The van der Waals surface area contributed by atoms with Gasteiger partial charge in [-0.15, -0.1) is 0 Å². The van der Waals surface area contributed by atoms with Crippen molar-refractivity contribution in [2.45, 2.75) is 51.0 Å². The number of halogens is 1. The van der Waals surface area contributed by atoms with E-state index in [-0.39, 0.29) is 12.5 Å². The molecule has 1 aliphatic rings. The summed E-state index contributed by atoms with van der Waals surface area (Å²) in [7, 11) is -3.48. The SMILES string of the molecule is O=C(O)CCC/C=C/CC1CCCC1NS(=O)(=O)/C=C/c1ccc(I)cc1. The lowest BCUT2D eigenvalue weighted by Gasteiger charge is -2.18. The largest absolute Gasteiger partial charge is 0.481 e. The van der Waals surface area contributed by atoms with E-state index in [1.54, 1.807) is 6.08 Å². The van der Waals surface area contributed by atoms with Crippen LogP contribution >= 0.6 is 22.6 Å². The second-order valence-corrected chi connectivity index (χ2v) is 9.65. The molecule has 1 aromatic carbocycles. The molecule has 5 nitrogen and oxygen atoms in total. The summed E-state index contributed by atoms with van der Waals surface area (Å²) in [6.45, 7) is 0. The molecule has 0 amide bonds. The molecular formula is C20H26INO4S. The highest BCUT2D eigenvalue weighted by Gasteiger charge is 2.28. The number of carboxylic acids is 1. The standard InChI is InChI=1S/C20H26INO4S/c21-18-12-10-16(11-13-18)14-15-27(25,26)22-19-8-5-7-17(19)6-3-1-2-4-9-20(23)24/h1,3,10-15,17,19,22H,2,4-9H2,(H,23,24)/b3-1+,15-14+. The Bertz CT molecular complexity index is 772. The number of rotatable bonds is 10. The van der Waals surface area contributed by atoms with Crippen molar-refractivity contribution in [3.63, 3.8) is 0 Å². The first-order chi connectivity index (χ1) is 12.9. The highest BCUT2D eigenvalue weighted by Crippen LogP contribution is 2.29. The van der Waals surface area contributed by atoms with Gasteiger partial charge >= 0.3 is 5.97 Å². The van der Waals surface area contributed by atoms with Gasteiger partial charge in [0.15, 0.2) is 0 Å². The average molecular weight is 503 g/mol. The minimum Gasteiger partial charge on any atom is -0.481 e. The highest BCUT2D eigenvalue weighted by atomic mass is 127. The number of aliphatic carboxylic acids is 1. The van der Waals surface area contributed by atoms with Crippen molar-refractivity contribution in [1.82, 2.24) is 4.72 Å². The maximum Gasteiger partial charge on any atom is 0.303 e. The third kappa shape index (κ3) is 8.57. The van der Waals surface area contributed by atoms with Crippen molar-refractivity contribution < 1.29 is 18.3 Å². The minimum absolute atomic E-state index is 0.0416. The van der Waals surface area contributed by atoms with Crippen LogP contribution in [-0.4, -0.2) is 25.5 Å². The molecule has 0 aromatic heterocycles. The first kappa shape index (κ1) is 22.1. The second-order valence-electron chi connectivity index (χ2n) is 6.81. The average Bonchev–Trinajstić information content (AvgIpc) is 3.03. The lowest BCUT2D eigenvalue weighted by Crippen LogP contribution is -2.36. The Hall–Kier alpha value is -1.19. The minimum atomic E-state index is -3.48. The van der Waals surface area contributed by atoms with Crippen LogP contribution in [0.25, 0.3) is 6.08 Å². The molecule has 2 unspecified atom stereocenters. The van der Waals surface area contributed by atoms with Gasteiger partial charge in [-0.05, 0) is 84.4 Å². The third-order valence-electron chi connectivity index (χ3n) is 4.65. The molecule has 2 atom stereocenters. The Morgan fingerprint density at radius 3 is 2.67 bits per heavy atom. The zero-order chi connectivity index (χ0) is 19.7. The van der Waals surface area contributed by atoms with Crippen molar-refractivity contribution >= 4 is 44.7 Å². The number of nitrogens with one attached hydrogen (secondary N) is 1. The van der Waals surface area contributed by atoms with Gasteiger partial charge in [-0.3, -0.25) is 4.79 Å². The Kier molecular flexibility index (Phi) is 8.98. The number of sulfonamides is 1. The fourth-order valence-corrected chi connectivity index (χ4v) is 4.73. The van der Waals surface area contributed by atoms with Crippen molar-refractivity contribution in [2.75, 3.05) is 0 Å². The number of hydrogen-bond donors (Lipinski definition) is 2. The Labute approximate surface area is 175 Å². The molecule has 2 N–H and O–H groups in total. The third-order valence-corrected chi connectivity index (χ3v) is 6.50. The van der Waals surface area contributed by atoms with Crippen molar-refractivity contribution in [3.05, 3.63) is 51.0 Å². The number of allylic oxidation sites excluding steroid dienone is 2. The number of carbonyl (C=O) groups is 1. The molecule has 0 heterocycles. The zero-order valence-electron chi connectivity index (χ0n) is 15.2. The van der Waals surface area contributed by atoms with Crippen molar-refractivity contribution in [1.29, 1.82) is 0 Å². The molecule has 1 aromatic rings. The number of benzene rings is 1. The van der Waals surface area contributed by atoms with Gasteiger partial charge in [0, 0.05) is 21.4 Å². The maximum atomic E-state index is 12.4. The van der Waals surface area contributed by atoms with E-state index in [9.17, 15) is 13.2 Å². The van der Waals surface area contributed by atoms with Gasteiger partial charge in [0.1, 0.15) is 0 Å². The molecule has 2 rings (SSSR count). The number of unbranched alkanes of at least 4 members (excludes halogenated alkanes) is 1. The summed E-state index contributed by atoms with van der Waals surface area (Å²) in [4.78, 5) is 10.5. The van der Waals surface area contributed by atoms with E-state index in [2.05, 4.69) is 33.4 Å². The summed E-state index contributed by atoms with van der Waals surface area (Å²) in [6, 6.07) is 7.62. The monoisotopic (exact) mass is 503 g/mol. The van der Waals surface area contributed by atoms with E-state index in [1.165, 1.54) is 5.41 Å². The summed E-state index contributed by atoms with van der Waals surface area (Å²) in [6.07, 6.45) is 10.9. The first-order valence-corrected chi connectivity index (χ1v) is 11.8. The van der Waals surface area contributed by atoms with E-state index in [1.807, 2.05) is 30.3 Å². The highest BCUT2D eigenvalue weighted by molar-refractivity contribution is 14.1. The number of carboxylic acid groups (broad SMARTS) is 1. The van der Waals surface area contributed by atoms with E-state index in [4.69, 9.17) is 5.11 Å². The molecule has 1 aliphatic carbocycles. The van der Waals surface area contributed by atoms with Gasteiger partial charge in [-0.2, -0.15) is 0 Å². The predicted octanol–water partition coefficient (Wildman–Crippen LogP) is 4.55. The van der Waals surface area contributed by atoms with Crippen LogP contribution in [0.5, 0.6) is 0 Å². The molecule has 148 valence electrons. The fourth-order valence-electron chi connectivity index (χ4n) is 3.23. The van der Waals surface area contributed by atoms with Crippen LogP contribution in [0.4, 0.5) is 0 Å². The molecule has 0 saturated heterocycles. The van der Waals surface area contributed by atoms with E-state index >= 15 is 0 Å². The van der Waals surface area contributed by atoms with Crippen LogP contribution in [0.2, 0.25) is 0 Å². The zero-order valence-corrected chi connectivity index (χ0v) is 18.2. The number of hydrogen-bond acceptors (Lipinski definition) is 3. The van der Waals surface area contributed by atoms with Gasteiger partial charge in [-0.1, -0.05) is 30.7 Å². The summed E-state index contributed by atoms with van der Waals surface area (Å²) in [5.74, 6) is -0.478.